The van der Waals surface area contributed by atoms with Gasteiger partial charge in [0.25, 0.3) is 5.56 Å². The minimum atomic E-state index is -4.31. The largest absolute Gasteiger partial charge is 0.394 e. The molecule has 9 atom stereocenters. The van der Waals surface area contributed by atoms with Gasteiger partial charge in [-0.3, -0.25) is 27.4 Å². The van der Waals surface area contributed by atoms with Gasteiger partial charge in [0.1, 0.15) is 48.5 Å². The van der Waals surface area contributed by atoms with Crippen LogP contribution < -0.4 is 11.3 Å². The Kier molecular flexibility index (Phi) is 7.35. The van der Waals surface area contributed by atoms with E-state index in [0.29, 0.717) is 0 Å². The molecule has 0 unspecified atom stereocenters. The number of nitrogens with two attached hydrogens (primary N) is 1. The monoisotopic (exact) mass is 612 g/mol. The van der Waals surface area contributed by atoms with E-state index in [2.05, 4.69) is 32.2 Å². The van der Waals surface area contributed by atoms with Crippen molar-refractivity contribution in [3.05, 3.63) is 47.7 Å². The lowest BCUT2D eigenvalue weighted by molar-refractivity contribution is -0.0554. The van der Waals surface area contributed by atoms with Crippen LogP contribution in [0.4, 0.5) is 5.82 Å². The smallest absolute Gasteiger partial charge is 0.386 e. The first-order valence-electron chi connectivity index (χ1n) is 12.2. The Balaban J connectivity index is 1.18. The maximum Gasteiger partial charge on any atom is 0.386 e. The molecule has 6 heterocycles. The third kappa shape index (κ3) is 4.93. The molecule has 0 bridgehead atoms. The van der Waals surface area contributed by atoms with E-state index in [1.807, 2.05) is 0 Å². The molecule has 0 radical (unpaired) electrons. The van der Waals surface area contributed by atoms with Crippen molar-refractivity contribution in [3.63, 3.8) is 0 Å². The van der Waals surface area contributed by atoms with Crippen LogP contribution in [0.1, 0.15) is 12.5 Å². The summed E-state index contributed by atoms with van der Waals surface area (Å²) in [6.45, 7) is -5.45. The number of imidazole rings is 2. The van der Waals surface area contributed by atoms with Gasteiger partial charge in [0, 0.05) is 24.7 Å². The minimum absolute atomic E-state index is 0.116. The number of nitrogens with zero attached hydrogens (tertiary/aromatic N) is 7. The van der Waals surface area contributed by atoms with Gasteiger partial charge >= 0.3 is 6.80 Å². The van der Waals surface area contributed by atoms with E-state index < -0.39 is 69.1 Å². The fourth-order valence-electron chi connectivity index (χ4n) is 4.86. The van der Waals surface area contributed by atoms with Gasteiger partial charge in [-0.25, -0.2) is 24.5 Å². The Hall–Kier alpha value is -2.97. The van der Waals surface area contributed by atoms with Gasteiger partial charge in [0.2, 0.25) is 5.78 Å². The third-order valence-electron chi connectivity index (χ3n) is 6.89. The summed E-state index contributed by atoms with van der Waals surface area (Å²) in [5.41, 5.74) is 5.96. The molecule has 0 aromatic carbocycles. The lowest BCUT2D eigenvalue weighted by atomic mass is 10.1. The first-order valence-corrected chi connectivity index (χ1v) is 14.9. The molecule has 2 saturated heterocycles. The number of fused-ring (bicyclic) bond motifs is 2. The van der Waals surface area contributed by atoms with Crippen LogP contribution in [0.5, 0.6) is 0 Å². The summed E-state index contributed by atoms with van der Waals surface area (Å²) < 4.78 is 39.7. The van der Waals surface area contributed by atoms with E-state index >= 15 is 0 Å². The van der Waals surface area contributed by atoms with Crippen LogP contribution in [0.15, 0.2) is 42.1 Å². The average molecular weight is 613 g/mol. The lowest BCUT2D eigenvalue weighted by Crippen LogP contribution is -2.36. The van der Waals surface area contributed by atoms with E-state index in [1.165, 1.54) is 50.8 Å². The zero-order chi connectivity index (χ0) is 29.1. The van der Waals surface area contributed by atoms with Gasteiger partial charge in [-0.15, -0.1) is 0 Å². The Bertz CT molecular complexity index is 1680. The first-order chi connectivity index (χ1) is 19.6. The topological polar surface area (TPSA) is 244 Å². The molecule has 2 aliphatic rings. The molecule has 0 amide bonds. The molecule has 0 spiro atoms. The summed E-state index contributed by atoms with van der Waals surface area (Å²) >= 11 is 4.01. The Labute approximate surface area is 234 Å². The quantitative estimate of drug-likeness (QED) is 0.0952. The van der Waals surface area contributed by atoms with Crippen LogP contribution in [0.2, 0.25) is 0 Å². The number of hydrogen-bond acceptors (Lipinski definition) is 15. The highest BCUT2D eigenvalue weighted by Gasteiger charge is 2.50. The van der Waals surface area contributed by atoms with Crippen LogP contribution in [-0.4, -0.2) is 104 Å². The van der Waals surface area contributed by atoms with E-state index in [1.54, 1.807) is 0 Å². The van der Waals surface area contributed by atoms with Crippen molar-refractivity contribution in [1.82, 2.24) is 33.5 Å². The maximum absolute atomic E-state index is 13.3. The van der Waals surface area contributed by atoms with Crippen LogP contribution in [-0.2, 0) is 23.1 Å². The molecule has 4 aromatic heterocycles. The molecule has 6 rings (SSSR count). The molecule has 2 fully saturated rings. The molecule has 41 heavy (non-hydrogen) atoms. The standard InChI is InChI=1S/C21H25N8O10PS/c22-17-12-18(25-7-24-17)29(8-26-12)19-15(34)13(32)10(38-19)6-36-40(35,41)39-16-14(33)9(5-30)37-20(16)28-3-1-11(31)27-4-2-23-21(27)28/h1-4,7-10,13-16,19-20,30,32-34H,5-6H2,(H,35,41)(H2,22,24,25)/t9-,10-,13-,14-,15-,16-,19-,20-,40-/m1/s1. The predicted octanol–water partition coefficient (Wildman–Crippen LogP) is -1.77. The van der Waals surface area contributed by atoms with Crippen molar-refractivity contribution in [2.75, 3.05) is 18.9 Å². The van der Waals surface area contributed by atoms with Gasteiger partial charge in [-0.1, -0.05) is 12.2 Å². The highest BCUT2D eigenvalue weighted by atomic mass is 32.7. The highest BCUT2D eigenvalue weighted by molar-refractivity contribution is 8.44. The van der Waals surface area contributed by atoms with E-state index in [0.717, 1.165) is 0 Å². The van der Waals surface area contributed by atoms with Gasteiger partial charge < -0.3 is 35.6 Å². The SMILES string of the molecule is Nc1ncnc2c1ncn2[C@@H]1O[C@H](CO[P@@](=O)(S)O[C@@H]2[C@H](O)[C@@H](CO)O[C@H]2n2ccc(=O)n3ccnc23)[C@@H](O)[C@H]1O. The molecule has 2 aliphatic heterocycles. The molecular weight excluding hydrogens is 587 g/mol. The second kappa shape index (κ2) is 10.7. The second-order valence-electron chi connectivity index (χ2n) is 9.36. The van der Waals surface area contributed by atoms with Crippen molar-refractivity contribution < 1.29 is 43.5 Å². The van der Waals surface area contributed by atoms with Gasteiger partial charge in [-0.05, 0) is 0 Å². The molecule has 0 saturated carbocycles. The Morgan fingerprint density at radius 1 is 1.02 bits per heavy atom. The zero-order valence-corrected chi connectivity index (χ0v) is 22.6. The van der Waals surface area contributed by atoms with Crippen molar-refractivity contribution >= 4 is 41.8 Å². The van der Waals surface area contributed by atoms with Crippen LogP contribution in [0.3, 0.4) is 0 Å². The minimum Gasteiger partial charge on any atom is -0.394 e. The maximum atomic E-state index is 13.3. The normalized spacial score (nSPS) is 31.7. The number of aliphatic hydroxyl groups excluding tert-OH is 4. The lowest BCUT2D eigenvalue weighted by Gasteiger charge is -2.26. The van der Waals surface area contributed by atoms with Gasteiger partial charge in [0.15, 0.2) is 23.9 Å². The van der Waals surface area contributed by atoms with E-state index in [9.17, 15) is 29.8 Å². The van der Waals surface area contributed by atoms with Crippen molar-refractivity contribution in [1.29, 1.82) is 0 Å². The van der Waals surface area contributed by atoms with Crippen LogP contribution in [0, 0.1) is 0 Å². The fraction of sp³-hybridized carbons (Fsp3) is 0.476. The fourth-order valence-corrected chi connectivity index (χ4v) is 6.32. The number of ether oxygens (including phenoxy) is 2. The molecule has 0 aliphatic carbocycles. The Morgan fingerprint density at radius 3 is 2.59 bits per heavy atom. The van der Waals surface area contributed by atoms with Crippen molar-refractivity contribution in [2.24, 2.45) is 0 Å². The summed E-state index contributed by atoms with van der Waals surface area (Å²) in [5.74, 6) is 0.253. The van der Waals surface area contributed by atoms with E-state index in [4.69, 9.17) is 24.3 Å². The summed E-state index contributed by atoms with van der Waals surface area (Å²) in [5, 5.41) is 41.7. The summed E-state index contributed by atoms with van der Waals surface area (Å²) in [6.07, 6.45) is -3.77. The molecular formula is C21H25N8O10PS. The Morgan fingerprint density at radius 2 is 1.80 bits per heavy atom. The first kappa shape index (κ1) is 28.2. The van der Waals surface area contributed by atoms with Crippen molar-refractivity contribution in [2.45, 2.75) is 49.1 Å². The molecule has 4 aromatic rings. The van der Waals surface area contributed by atoms with Crippen LogP contribution >= 0.6 is 19.0 Å². The summed E-state index contributed by atoms with van der Waals surface area (Å²) in [6, 6.07) is 1.23. The average Bonchev–Trinajstić information content (AvgIpc) is 3.72. The number of nitrogen functional groups attached to an aromatic ring is 1. The van der Waals surface area contributed by atoms with Crippen LogP contribution in [0.25, 0.3) is 16.9 Å². The number of aliphatic hydroxyl groups is 4. The number of rotatable bonds is 8. The molecule has 6 N–H and O–H groups in total. The number of aromatic nitrogens is 7. The number of hydrogen-bond donors (Lipinski definition) is 6. The third-order valence-corrected chi connectivity index (χ3v) is 8.50. The zero-order valence-electron chi connectivity index (χ0n) is 20.8. The summed E-state index contributed by atoms with van der Waals surface area (Å²) in [7, 11) is 0. The molecule has 220 valence electrons. The van der Waals surface area contributed by atoms with E-state index in [-0.39, 0.29) is 28.3 Å². The second-order valence-corrected chi connectivity index (χ2v) is 12.2. The molecule has 20 heteroatoms. The number of anilines is 1. The van der Waals surface area contributed by atoms with Gasteiger partial charge in [0.05, 0.1) is 19.5 Å². The molecule has 18 nitrogen and oxygen atoms in total. The van der Waals surface area contributed by atoms with Crippen molar-refractivity contribution in [3.8, 4) is 0 Å². The predicted molar refractivity (Wildman–Crippen MR) is 140 cm³/mol. The van der Waals surface area contributed by atoms with Gasteiger partial charge in [-0.2, -0.15) is 0 Å². The number of thiol groups is 1. The highest BCUT2D eigenvalue weighted by Crippen LogP contribution is 2.57. The summed E-state index contributed by atoms with van der Waals surface area (Å²) in [4.78, 5) is 28.3.